The summed E-state index contributed by atoms with van der Waals surface area (Å²) in [5, 5.41) is 10.9. The fourth-order valence-corrected chi connectivity index (χ4v) is 4.25. The zero-order valence-electron chi connectivity index (χ0n) is 18.0. The van der Waals surface area contributed by atoms with Gasteiger partial charge in [-0.2, -0.15) is 0 Å². The molecule has 0 unspecified atom stereocenters. The minimum Gasteiger partial charge on any atom is -0.508 e. The standard InChI is InChI=1S/C29H25NO2/c1-21-27-18-26(32-20-23-8-4-2-5-9-23)16-17-28(27)30(19-22-12-14-25(31)15-13-22)29(21)24-10-6-3-7-11-24/h2-18,31H,19-20H2,1H3. The van der Waals surface area contributed by atoms with Crippen molar-refractivity contribution in [3.8, 4) is 22.8 Å². The molecule has 0 aliphatic rings. The van der Waals surface area contributed by atoms with Gasteiger partial charge >= 0.3 is 0 Å². The molecule has 0 saturated heterocycles. The Morgan fingerprint density at radius 2 is 1.44 bits per heavy atom. The number of phenolic OH excluding ortho intramolecular Hbond substituents is 1. The van der Waals surface area contributed by atoms with E-state index in [4.69, 9.17) is 4.74 Å². The summed E-state index contributed by atoms with van der Waals surface area (Å²) in [7, 11) is 0. The summed E-state index contributed by atoms with van der Waals surface area (Å²) in [6.07, 6.45) is 0. The van der Waals surface area contributed by atoms with Gasteiger partial charge in [-0.25, -0.2) is 0 Å². The van der Waals surface area contributed by atoms with Crippen molar-refractivity contribution in [3.63, 3.8) is 0 Å². The Morgan fingerprint density at radius 1 is 0.750 bits per heavy atom. The Kier molecular flexibility index (Phi) is 5.39. The third-order valence-corrected chi connectivity index (χ3v) is 5.86. The highest BCUT2D eigenvalue weighted by molar-refractivity contribution is 5.92. The molecule has 0 saturated carbocycles. The molecule has 5 rings (SSSR count). The van der Waals surface area contributed by atoms with E-state index in [-0.39, 0.29) is 5.75 Å². The van der Waals surface area contributed by atoms with Gasteiger partial charge in [-0.3, -0.25) is 0 Å². The second kappa shape index (κ2) is 8.64. The van der Waals surface area contributed by atoms with Crippen LogP contribution in [-0.2, 0) is 13.2 Å². The highest BCUT2D eigenvalue weighted by Gasteiger charge is 2.17. The van der Waals surface area contributed by atoms with Crippen LogP contribution in [-0.4, -0.2) is 9.67 Å². The molecule has 1 N–H and O–H groups in total. The van der Waals surface area contributed by atoms with Crippen LogP contribution in [0.25, 0.3) is 22.2 Å². The first-order valence-electron chi connectivity index (χ1n) is 10.8. The van der Waals surface area contributed by atoms with Gasteiger partial charge in [-0.05, 0) is 59.5 Å². The molecule has 4 aromatic carbocycles. The lowest BCUT2D eigenvalue weighted by Gasteiger charge is -2.13. The summed E-state index contributed by atoms with van der Waals surface area (Å²) in [6.45, 7) is 3.45. The third-order valence-electron chi connectivity index (χ3n) is 5.86. The number of hydrogen-bond acceptors (Lipinski definition) is 2. The SMILES string of the molecule is Cc1c(-c2ccccc2)n(Cc2ccc(O)cc2)c2ccc(OCc3ccccc3)cc12. The van der Waals surface area contributed by atoms with Crippen molar-refractivity contribution in [1.29, 1.82) is 0 Å². The zero-order chi connectivity index (χ0) is 21.9. The number of hydrogen-bond donors (Lipinski definition) is 1. The Bertz CT molecular complexity index is 1340. The number of aromatic hydroxyl groups is 1. The van der Waals surface area contributed by atoms with Crippen molar-refractivity contribution >= 4 is 10.9 Å². The molecular formula is C29H25NO2. The van der Waals surface area contributed by atoms with Crippen molar-refractivity contribution in [1.82, 2.24) is 4.57 Å². The van der Waals surface area contributed by atoms with Gasteiger partial charge in [-0.15, -0.1) is 0 Å². The molecule has 158 valence electrons. The second-order valence-corrected chi connectivity index (χ2v) is 8.05. The van der Waals surface area contributed by atoms with Crippen LogP contribution in [0.1, 0.15) is 16.7 Å². The molecule has 0 bridgehead atoms. The van der Waals surface area contributed by atoms with E-state index < -0.39 is 0 Å². The molecule has 0 fully saturated rings. The number of benzene rings is 4. The number of fused-ring (bicyclic) bond motifs is 1. The minimum atomic E-state index is 0.283. The highest BCUT2D eigenvalue weighted by Crippen LogP contribution is 2.36. The molecule has 0 aliphatic heterocycles. The van der Waals surface area contributed by atoms with Gasteiger partial charge in [0, 0.05) is 17.4 Å². The second-order valence-electron chi connectivity index (χ2n) is 8.05. The van der Waals surface area contributed by atoms with E-state index in [2.05, 4.69) is 60.0 Å². The van der Waals surface area contributed by atoms with Gasteiger partial charge in [0.2, 0.25) is 0 Å². The lowest BCUT2D eigenvalue weighted by atomic mass is 10.1. The molecule has 0 amide bonds. The van der Waals surface area contributed by atoms with Crippen LogP contribution >= 0.6 is 0 Å². The summed E-state index contributed by atoms with van der Waals surface area (Å²) in [5.74, 6) is 1.15. The third kappa shape index (κ3) is 3.97. The first-order chi connectivity index (χ1) is 15.7. The Hall–Kier alpha value is -3.98. The van der Waals surface area contributed by atoms with Crippen LogP contribution in [0.2, 0.25) is 0 Å². The smallest absolute Gasteiger partial charge is 0.120 e. The van der Waals surface area contributed by atoms with Crippen LogP contribution in [0.15, 0.2) is 103 Å². The molecule has 5 aromatic rings. The van der Waals surface area contributed by atoms with Gasteiger partial charge in [0.1, 0.15) is 18.1 Å². The van der Waals surface area contributed by atoms with E-state index >= 15 is 0 Å². The van der Waals surface area contributed by atoms with Crippen molar-refractivity contribution in [3.05, 3.63) is 120 Å². The Balaban J connectivity index is 1.57. The predicted octanol–water partition coefficient (Wildman–Crippen LogP) is 6.95. The molecule has 0 radical (unpaired) electrons. The molecule has 3 heteroatoms. The van der Waals surface area contributed by atoms with E-state index in [1.807, 2.05) is 42.5 Å². The van der Waals surface area contributed by atoms with E-state index in [9.17, 15) is 5.11 Å². The molecule has 1 aromatic heterocycles. The van der Waals surface area contributed by atoms with Gasteiger partial charge < -0.3 is 14.4 Å². The normalized spacial score (nSPS) is 11.0. The lowest BCUT2D eigenvalue weighted by molar-refractivity contribution is 0.306. The average molecular weight is 420 g/mol. The summed E-state index contributed by atoms with van der Waals surface area (Å²) in [4.78, 5) is 0. The van der Waals surface area contributed by atoms with E-state index in [1.54, 1.807) is 12.1 Å². The van der Waals surface area contributed by atoms with Crippen molar-refractivity contribution in [2.75, 3.05) is 0 Å². The van der Waals surface area contributed by atoms with E-state index in [1.165, 1.54) is 27.7 Å². The monoisotopic (exact) mass is 419 g/mol. The molecule has 0 aliphatic carbocycles. The maximum absolute atomic E-state index is 9.67. The molecule has 3 nitrogen and oxygen atoms in total. The largest absolute Gasteiger partial charge is 0.508 e. The number of phenols is 1. The maximum atomic E-state index is 9.67. The Morgan fingerprint density at radius 3 is 2.16 bits per heavy atom. The number of ether oxygens (including phenoxy) is 1. The zero-order valence-corrected chi connectivity index (χ0v) is 18.0. The predicted molar refractivity (Wildman–Crippen MR) is 130 cm³/mol. The lowest BCUT2D eigenvalue weighted by Crippen LogP contribution is -2.02. The van der Waals surface area contributed by atoms with Crippen molar-refractivity contribution in [2.24, 2.45) is 0 Å². The molecule has 1 heterocycles. The van der Waals surface area contributed by atoms with Crippen LogP contribution in [0, 0.1) is 6.92 Å². The summed E-state index contributed by atoms with van der Waals surface area (Å²) in [5.41, 5.74) is 7.08. The summed E-state index contributed by atoms with van der Waals surface area (Å²) < 4.78 is 8.46. The van der Waals surface area contributed by atoms with Gasteiger partial charge in [-0.1, -0.05) is 72.8 Å². The fraction of sp³-hybridized carbons (Fsp3) is 0.103. The Labute approximate surface area is 188 Å². The van der Waals surface area contributed by atoms with Crippen molar-refractivity contribution in [2.45, 2.75) is 20.1 Å². The van der Waals surface area contributed by atoms with E-state index in [0.717, 1.165) is 23.4 Å². The molecular weight excluding hydrogens is 394 g/mol. The van der Waals surface area contributed by atoms with Crippen LogP contribution in [0.4, 0.5) is 0 Å². The van der Waals surface area contributed by atoms with Gasteiger partial charge in [0.25, 0.3) is 0 Å². The topological polar surface area (TPSA) is 34.4 Å². The summed E-state index contributed by atoms with van der Waals surface area (Å²) in [6, 6.07) is 34.5. The average Bonchev–Trinajstić information content (AvgIpc) is 3.11. The van der Waals surface area contributed by atoms with Gasteiger partial charge in [0.15, 0.2) is 0 Å². The van der Waals surface area contributed by atoms with Crippen molar-refractivity contribution < 1.29 is 9.84 Å². The quantitative estimate of drug-likeness (QED) is 0.323. The van der Waals surface area contributed by atoms with E-state index in [0.29, 0.717) is 6.61 Å². The van der Waals surface area contributed by atoms with Crippen LogP contribution < -0.4 is 4.74 Å². The first kappa shape index (κ1) is 20.0. The number of aromatic nitrogens is 1. The number of nitrogens with zero attached hydrogens (tertiary/aromatic N) is 1. The fourth-order valence-electron chi connectivity index (χ4n) is 4.25. The molecule has 32 heavy (non-hydrogen) atoms. The van der Waals surface area contributed by atoms with Crippen LogP contribution in [0.5, 0.6) is 11.5 Å². The van der Waals surface area contributed by atoms with Gasteiger partial charge in [0.05, 0.1) is 5.69 Å². The summed E-state index contributed by atoms with van der Waals surface area (Å²) >= 11 is 0. The number of aryl methyl sites for hydroxylation is 1. The highest BCUT2D eigenvalue weighted by atomic mass is 16.5. The minimum absolute atomic E-state index is 0.283. The molecule has 0 atom stereocenters. The first-order valence-corrected chi connectivity index (χ1v) is 10.8. The maximum Gasteiger partial charge on any atom is 0.120 e. The molecule has 0 spiro atoms. The number of rotatable bonds is 6. The van der Waals surface area contributed by atoms with Crippen LogP contribution in [0.3, 0.4) is 0 Å².